The molecule has 0 saturated carbocycles. The first kappa shape index (κ1) is 31.3. The molecule has 0 radical (unpaired) electrons. The van der Waals surface area contributed by atoms with E-state index < -0.39 is 17.2 Å². The molecule has 5 rings (SSSR count). The molecule has 0 bridgehead atoms. The van der Waals surface area contributed by atoms with Gasteiger partial charge in [-0.3, -0.25) is 4.79 Å². The molecule has 1 aliphatic heterocycles. The van der Waals surface area contributed by atoms with Gasteiger partial charge in [0.1, 0.15) is 12.9 Å². The molecule has 1 aliphatic rings. The number of benzene rings is 2. The summed E-state index contributed by atoms with van der Waals surface area (Å²) in [5.41, 5.74) is 8.95. The third-order valence-corrected chi connectivity index (χ3v) is 8.63. The van der Waals surface area contributed by atoms with Crippen LogP contribution in [0.25, 0.3) is 0 Å². The zero-order valence-electron chi connectivity index (χ0n) is 25.2. The minimum atomic E-state index is -1.68. The summed E-state index contributed by atoms with van der Waals surface area (Å²) in [6.07, 6.45) is 6.98. The van der Waals surface area contributed by atoms with Crippen LogP contribution in [0.2, 0.25) is 0 Å². The lowest BCUT2D eigenvalue weighted by Crippen LogP contribution is -2.44. The first-order valence-electron chi connectivity index (χ1n) is 14.6. The van der Waals surface area contributed by atoms with Gasteiger partial charge in [-0.1, -0.05) is 13.8 Å². The third kappa shape index (κ3) is 8.29. The van der Waals surface area contributed by atoms with Crippen LogP contribution in [0.15, 0.2) is 87.7 Å². The molecule has 4 aromatic rings. The number of hydrogen-bond acceptors (Lipinski definition) is 10. The van der Waals surface area contributed by atoms with Gasteiger partial charge in [-0.25, -0.2) is 9.97 Å². The second kappa shape index (κ2) is 14.6. The maximum absolute atomic E-state index is 14.3. The minimum Gasteiger partial charge on any atom is -0.606 e. The number of nitrogens with zero attached hydrogens (tertiary/aromatic N) is 4. The Bertz CT molecular complexity index is 1510. The minimum absolute atomic E-state index is 0.119. The van der Waals surface area contributed by atoms with Gasteiger partial charge in [0.15, 0.2) is 16.5 Å². The van der Waals surface area contributed by atoms with E-state index in [0.29, 0.717) is 44.8 Å². The van der Waals surface area contributed by atoms with Crippen LogP contribution in [0.3, 0.4) is 0 Å². The van der Waals surface area contributed by atoms with Gasteiger partial charge >= 0.3 is 0 Å². The Hall–Kier alpha value is -4.10. The summed E-state index contributed by atoms with van der Waals surface area (Å²) in [7, 11) is 2.11. The highest BCUT2D eigenvalue weighted by molar-refractivity contribution is 7.91. The van der Waals surface area contributed by atoms with Crippen molar-refractivity contribution in [2.24, 2.45) is 11.7 Å². The van der Waals surface area contributed by atoms with Crippen LogP contribution in [-0.2, 0) is 22.6 Å². The summed E-state index contributed by atoms with van der Waals surface area (Å²) in [6, 6.07) is 13.9. The van der Waals surface area contributed by atoms with Gasteiger partial charge in [0.25, 0.3) is 0 Å². The summed E-state index contributed by atoms with van der Waals surface area (Å²) < 4.78 is 25.7. The Balaban J connectivity index is 1.47. The summed E-state index contributed by atoms with van der Waals surface area (Å²) in [5.74, 6) is 0.953. The first-order valence-corrected chi connectivity index (χ1v) is 15.8. The van der Waals surface area contributed by atoms with Crippen molar-refractivity contribution in [1.29, 1.82) is 0 Å². The van der Waals surface area contributed by atoms with Crippen LogP contribution >= 0.6 is 0 Å². The Labute approximate surface area is 261 Å². The van der Waals surface area contributed by atoms with Crippen LogP contribution in [0.4, 0.5) is 22.7 Å². The molecule has 1 amide bonds. The standard InChI is InChI=1S/C32H39N7O4S/c1-22(2)15-28(33)32(40)37-25-16-24(36-23-7-14-42-20-23)17-27(18-25)44(41)30-6-5-26(39-12-10-38(3)11-13-39)19-29(30)43-21-31-34-8-4-9-35-31/h4-9,14,16-20,22,28,36H,10-13,15,21,33H2,1-3H3,(H,37,40). The number of aromatic nitrogens is 2. The number of carbonyl (C=O) groups excluding carboxylic acids is 1. The van der Waals surface area contributed by atoms with Gasteiger partial charge in [0.2, 0.25) is 10.8 Å². The van der Waals surface area contributed by atoms with Gasteiger partial charge in [-0.05, 0) is 49.7 Å². The molecule has 3 heterocycles. The largest absolute Gasteiger partial charge is 0.606 e. The molecule has 0 aliphatic carbocycles. The SMILES string of the molecule is CC(C)CC(N)C(=O)Nc1cc(Nc2ccoc2)cc([S+]([O-])c2ccc(N3CCN(C)CC3)cc2OCc2ncccn2)c1. The fourth-order valence-corrected chi connectivity index (χ4v) is 6.11. The number of nitrogens with two attached hydrogens (primary N) is 1. The molecule has 232 valence electrons. The van der Waals surface area contributed by atoms with E-state index in [4.69, 9.17) is 14.9 Å². The highest BCUT2D eigenvalue weighted by atomic mass is 32.2. The summed E-state index contributed by atoms with van der Waals surface area (Å²) in [6.45, 7) is 7.81. The van der Waals surface area contributed by atoms with Crippen molar-refractivity contribution in [2.75, 3.05) is 48.8 Å². The zero-order chi connectivity index (χ0) is 31.1. The van der Waals surface area contributed by atoms with Crippen molar-refractivity contribution in [1.82, 2.24) is 14.9 Å². The molecule has 4 N–H and O–H groups in total. The third-order valence-electron chi connectivity index (χ3n) is 7.23. The van der Waals surface area contributed by atoms with Gasteiger partial charge in [0, 0.05) is 85.0 Å². The number of furan rings is 1. The monoisotopic (exact) mass is 617 g/mol. The van der Waals surface area contributed by atoms with Crippen molar-refractivity contribution < 1.29 is 18.5 Å². The topological polar surface area (TPSA) is 145 Å². The number of amides is 1. The summed E-state index contributed by atoms with van der Waals surface area (Å²) >= 11 is -1.68. The smallest absolute Gasteiger partial charge is 0.241 e. The van der Waals surface area contributed by atoms with Crippen molar-refractivity contribution >= 4 is 39.8 Å². The van der Waals surface area contributed by atoms with E-state index in [-0.39, 0.29) is 18.4 Å². The zero-order valence-corrected chi connectivity index (χ0v) is 26.0. The number of anilines is 4. The van der Waals surface area contributed by atoms with Gasteiger partial charge in [-0.15, -0.1) is 0 Å². The van der Waals surface area contributed by atoms with E-state index in [1.807, 2.05) is 32.0 Å². The first-order chi connectivity index (χ1) is 21.2. The van der Waals surface area contributed by atoms with Crippen LogP contribution in [0.5, 0.6) is 5.75 Å². The van der Waals surface area contributed by atoms with Crippen LogP contribution < -0.4 is 26.0 Å². The van der Waals surface area contributed by atoms with Crippen LogP contribution in [-0.4, -0.2) is 64.6 Å². The van der Waals surface area contributed by atoms with Gasteiger partial charge in [0.05, 0.1) is 18.0 Å². The molecular weight excluding hydrogens is 578 g/mol. The number of piperazine rings is 1. The van der Waals surface area contributed by atoms with Crippen molar-refractivity contribution in [2.45, 2.75) is 42.7 Å². The molecule has 1 fully saturated rings. The Morgan fingerprint density at radius 2 is 1.82 bits per heavy atom. The van der Waals surface area contributed by atoms with Crippen molar-refractivity contribution in [3.8, 4) is 5.75 Å². The maximum Gasteiger partial charge on any atom is 0.241 e. The number of likely N-dealkylation sites (N-methyl/N-ethyl adjacent to an activating group) is 1. The molecule has 2 aromatic heterocycles. The van der Waals surface area contributed by atoms with Crippen LogP contribution in [0.1, 0.15) is 26.1 Å². The quantitative estimate of drug-likeness (QED) is 0.193. The average molecular weight is 618 g/mol. The Kier molecular flexibility index (Phi) is 10.4. The molecule has 2 atom stereocenters. The number of carbonyl (C=O) groups is 1. The Morgan fingerprint density at radius 1 is 1.07 bits per heavy atom. The predicted molar refractivity (Wildman–Crippen MR) is 172 cm³/mol. The predicted octanol–water partition coefficient (Wildman–Crippen LogP) is 4.62. The fraction of sp³-hybridized carbons (Fsp3) is 0.344. The van der Waals surface area contributed by atoms with Gasteiger partial charge < -0.3 is 39.9 Å². The lowest BCUT2D eigenvalue weighted by molar-refractivity contribution is -0.117. The molecule has 12 heteroatoms. The van der Waals surface area contributed by atoms with Crippen LogP contribution in [0, 0.1) is 5.92 Å². The molecule has 2 unspecified atom stereocenters. The normalized spacial score (nSPS) is 15.2. The van der Waals surface area contributed by atoms with E-state index in [1.165, 1.54) is 0 Å². The lowest BCUT2D eigenvalue weighted by atomic mass is 10.0. The summed E-state index contributed by atoms with van der Waals surface area (Å²) in [4.78, 5) is 27.0. The number of rotatable bonds is 12. The number of hydrogen-bond donors (Lipinski definition) is 3. The highest BCUT2D eigenvalue weighted by Crippen LogP contribution is 2.36. The van der Waals surface area contributed by atoms with E-state index in [9.17, 15) is 9.35 Å². The molecule has 44 heavy (non-hydrogen) atoms. The van der Waals surface area contributed by atoms with E-state index in [1.54, 1.807) is 55.3 Å². The molecule has 2 aromatic carbocycles. The average Bonchev–Trinajstić information content (AvgIpc) is 3.53. The molecular formula is C32H39N7O4S. The van der Waals surface area contributed by atoms with Crippen molar-refractivity contribution in [3.05, 3.63) is 79.3 Å². The van der Waals surface area contributed by atoms with Gasteiger partial charge in [-0.2, -0.15) is 0 Å². The van der Waals surface area contributed by atoms with E-state index in [2.05, 4.69) is 37.4 Å². The van der Waals surface area contributed by atoms with Crippen molar-refractivity contribution in [3.63, 3.8) is 0 Å². The fourth-order valence-electron chi connectivity index (χ4n) is 4.90. The second-order valence-corrected chi connectivity index (χ2v) is 12.7. The molecule has 11 nitrogen and oxygen atoms in total. The Morgan fingerprint density at radius 3 is 2.52 bits per heavy atom. The lowest BCUT2D eigenvalue weighted by Gasteiger charge is -2.34. The summed E-state index contributed by atoms with van der Waals surface area (Å²) in [5, 5.41) is 6.16. The van der Waals surface area contributed by atoms with E-state index in [0.717, 1.165) is 31.9 Å². The maximum atomic E-state index is 14.3. The number of ether oxygens (including phenoxy) is 1. The second-order valence-electron chi connectivity index (χ2n) is 11.3. The molecule has 1 saturated heterocycles. The highest BCUT2D eigenvalue weighted by Gasteiger charge is 2.25. The molecule has 0 spiro atoms. The number of nitrogens with one attached hydrogen (secondary N) is 2. The van der Waals surface area contributed by atoms with E-state index >= 15 is 0 Å².